The van der Waals surface area contributed by atoms with Gasteiger partial charge in [0.2, 0.25) is 0 Å². The van der Waals surface area contributed by atoms with Crippen LogP contribution in [0, 0.1) is 0 Å². The highest BCUT2D eigenvalue weighted by Crippen LogP contribution is 2.26. The van der Waals surface area contributed by atoms with Crippen LogP contribution in [-0.4, -0.2) is 6.61 Å². The Labute approximate surface area is 69.6 Å². The Morgan fingerprint density at radius 1 is 1.36 bits per heavy atom. The molecule has 0 aromatic heterocycles. The summed E-state index contributed by atoms with van der Waals surface area (Å²) in [6.45, 7) is 0.620. The van der Waals surface area contributed by atoms with Crippen LogP contribution < -0.4 is 4.89 Å². The summed E-state index contributed by atoms with van der Waals surface area (Å²) in [5.41, 5.74) is 1.15. The molecule has 3 heteroatoms. The summed E-state index contributed by atoms with van der Waals surface area (Å²) in [5.74, 6) is 0.740. The van der Waals surface area contributed by atoms with E-state index in [1.165, 1.54) is 0 Å². The summed E-state index contributed by atoms with van der Waals surface area (Å²) in [6, 6.07) is 5.57. The summed E-state index contributed by atoms with van der Waals surface area (Å²) in [4.78, 5) is 9.71. The minimum atomic E-state index is 0.620. The number of rotatable bonds is 0. The first kappa shape index (κ1) is 6.95. The molecule has 58 valence electrons. The van der Waals surface area contributed by atoms with Gasteiger partial charge in [0, 0.05) is 23.1 Å². The molecular formula is C8H7ClO2. The molecule has 0 unspecified atom stereocenters. The zero-order valence-electron chi connectivity index (χ0n) is 5.84. The van der Waals surface area contributed by atoms with E-state index in [-0.39, 0.29) is 0 Å². The van der Waals surface area contributed by atoms with Crippen LogP contribution >= 0.6 is 11.6 Å². The molecule has 1 aromatic rings. The highest BCUT2D eigenvalue weighted by molar-refractivity contribution is 6.30. The van der Waals surface area contributed by atoms with Gasteiger partial charge >= 0.3 is 0 Å². The minimum Gasteiger partial charge on any atom is -0.337 e. The zero-order chi connectivity index (χ0) is 7.68. The maximum Gasteiger partial charge on any atom is 0.170 e. The predicted octanol–water partition coefficient (Wildman–Crippen LogP) is 2.21. The smallest absolute Gasteiger partial charge is 0.170 e. The number of benzene rings is 1. The van der Waals surface area contributed by atoms with Gasteiger partial charge in [-0.05, 0) is 6.07 Å². The molecular weight excluding hydrogens is 164 g/mol. The van der Waals surface area contributed by atoms with Crippen LogP contribution in [-0.2, 0) is 11.3 Å². The van der Waals surface area contributed by atoms with Gasteiger partial charge in [-0.25, -0.2) is 0 Å². The van der Waals surface area contributed by atoms with Crippen molar-refractivity contribution in [2.75, 3.05) is 6.61 Å². The second-order valence-corrected chi connectivity index (χ2v) is 2.84. The molecule has 0 fully saturated rings. The summed E-state index contributed by atoms with van der Waals surface area (Å²) >= 11 is 5.74. The Balaban J connectivity index is 2.43. The van der Waals surface area contributed by atoms with Crippen molar-refractivity contribution >= 4 is 11.6 Å². The zero-order valence-corrected chi connectivity index (χ0v) is 6.60. The SMILES string of the molecule is Clc1ccc2c(c1)OOCC2. The molecule has 2 rings (SSSR count). The molecule has 0 atom stereocenters. The average Bonchev–Trinajstić information content (AvgIpc) is 2.04. The molecule has 0 N–H and O–H groups in total. The van der Waals surface area contributed by atoms with E-state index < -0.39 is 0 Å². The molecule has 0 bridgehead atoms. The Morgan fingerprint density at radius 3 is 3.18 bits per heavy atom. The van der Waals surface area contributed by atoms with E-state index in [1.807, 2.05) is 12.1 Å². The summed E-state index contributed by atoms with van der Waals surface area (Å²) < 4.78 is 0. The van der Waals surface area contributed by atoms with Crippen molar-refractivity contribution in [3.8, 4) is 5.75 Å². The van der Waals surface area contributed by atoms with Crippen LogP contribution in [0.5, 0.6) is 5.75 Å². The predicted molar refractivity (Wildman–Crippen MR) is 41.7 cm³/mol. The molecule has 0 radical (unpaired) electrons. The lowest BCUT2D eigenvalue weighted by atomic mass is 10.1. The van der Waals surface area contributed by atoms with Gasteiger partial charge in [0.25, 0.3) is 0 Å². The normalized spacial score (nSPS) is 15.4. The van der Waals surface area contributed by atoms with Gasteiger partial charge in [-0.1, -0.05) is 17.7 Å². The summed E-state index contributed by atoms with van der Waals surface area (Å²) in [6.07, 6.45) is 0.895. The summed E-state index contributed by atoms with van der Waals surface area (Å²) in [7, 11) is 0. The van der Waals surface area contributed by atoms with E-state index in [2.05, 4.69) is 0 Å². The standard InChI is InChI=1S/C8H7ClO2/c9-7-2-1-6-3-4-10-11-8(6)5-7/h1-2,5H,3-4H2. The fourth-order valence-corrected chi connectivity index (χ4v) is 1.23. The Hall–Kier alpha value is -0.730. The third-order valence-corrected chi connectivity index (χ3v) is 1.87. The molecule has 1 heterocycles. The topological polar surface area (TPSA) is 18.5 Å². The fraction of sp³-hybridized carbons (Fsp3) is 0.250. The molecule has 1 aliphatic rings. The van der Waals surface area contributed by atoms with Gasteiger partial charge in [-0.15, -0.1) is 0 Å². The number of hydrogen-bond acceptors (Lipinski definition) is 2. The quantitative estimate of drug-likeness (QED) is 0.556. The minimum absolute atomic E-state index is 0.620. The maximum absolute atomic E-state index is 5.74. The molecule has 0 saturated carbocycles. The third-order valence-electron chi connectivity index (χ3n) is 1.63. The van der Waals surface area contributed by atoms with Gasteiger partial charge in [0.05, 0.1) is 6.61 Å². The number of hydrogen-bond donors (Lipinski definition) is 0. The third kappa shape index (κ3) is 1.32. The highest BCUT2D eigenvalue weighted by Gasteiger charge is 2.10. The van der Waals surface area contributed by atoms with Crippen molar-refractivity contribution in [3.05, 3.63) is 28.8 Å². The molecule has 11 heavy (non-hydrogen) atoms. The van der Waals surface area contributed by atoms with Crippen molar-refractivity contribution in [1.82, 2.24) is 0 Å². The van der Waals surface area contributed by atoms with Gasteiger partial charge in [-0.3, -0.25) is 0 Å². The van der Waals surface area contributed by atoms with Crippen LogP contribution in [0.3, 0.4) is 0 Å². The Bertz CT molecular complexity index is 273. The number of fused-ring (bicyclic) bond motifs is 1. The van der Waals surface area contributed by atoms with Crippen LogP contribution in [0.4, 0.5) is 0 Å². The van der Waals surface area contributed by atoms with Crippen molar-refractivity contribution in [3.63, 3.8) is 0 Å². The van der Waals surface area contributed by atoms with Gasteiger partial charge in [-0.2, -0.15) is 4.89 Å². The Morgan fingerprint density at radius 2 is 2.27 bits per heavy atom. The molecule has 0 saturated heterocycles. The van der Waals surface area contributed by atoms with Crippen LogP contribution in [0.15, 0.2) is 18.2 Å². The lowest BCUT2D eigenvalue weighted by Gasteiger charge is -2.14. The molecule has 0 aliphatic carbocycles. The molecule has 1 aliphatic heterocycles. The lowest BCUT2D eigenvalue weighted by molar-refractivity contribution is -0.215. The molecule has 2 nitrogen and oxygen atoms in total. The largest absolute Gasteiger partial charge is 0.337 e. The first-order valence-electron chi connectivity index (χ1n) is 3.44. The van der Waals surface area contributed by atoms with Gasteiger partial charge < -0.3 is 4.89 Å². The van der Waals surface area contributed by atoms with Gasteiger partial charge in [0.1, 0.15) is 0 Å². The highest BCUT2D eigenvalue weighted by atomic mass is 35.5. The Kier molecular flexibility index (Phi) is 1.72. The monoisotopic (exact) mass is 170 g/mol. The van der Waals surface area contributed by atoms with Crippen LogP contribution in [0.2, 0.25) is 5.02 Å². The average molecular weight is 171 g/mol. The maximum atomic E-state index is 5.74. The van der Waals surface area contributed by atoms with Crippen molar-refractivity contribution < 1.29 is 9.78 Å². The second kappa shape index (κ2) is 2.72. The van der Waals surface area contributed by atoms with E-state index >= 15 is 0 Å². The van der Waals surface area contributed by atoms with Crippen molar-refractivity contribution in [1.29, 1.82) is 0 Å². The van der Waals surface area contributed by atoms with Gasteiger partial charge in [0.15, 0.2) is 5.75 Å². The number of halogens is 1. The van der Waals surface area contributed by atoms with Crippen molar-refractivity contribution in [2.45, 2.75) is 6.42 Å². The molecule has 0 amide bonds. The summed E-state index contributed by atoms with van der Waals surface area (Å²) in [5, 5.41) is 0.675. The van der Waals surface area contributed by atoms with E-state index in [4.69, 9.17) is 21.4 Å². The van der Waals surface area contributed by atoms with E-state index in [0.29, 0.717) is 11.6 Å². The van der Waals surface area contributed by atoms with E-state index in [0.717, 1.165) is 17.7 Å². The lowest BCUT2D eigenvalue weighted by Crippen LogP contribution is -2.10. The fourth-order valence-electron chi connectivity index (χ4n) is 1.07. The first-order chi connectivity index (χ1) is 5.36. The first-order valence-corrected chi connectivity index (χ1v) is 3.82. The van der Waals surface area contributed by atoms with Crippen molar-refractivity contribution in [2.24, 2.45) is 0 Å². The van der Waals surface area contributed by atoms with E-state index in [1.54, 1.807) is 6.07 Å². The van der Waals surface area contributed by atoms with Crippen LogP contribution in [0.25, 0.3) is 0 Å². The van der Waals surface area contributed by atoms with E-state index in [9.17, 15) is 0 Å². The molecule has 0 spiro atoms. The second-order valence-electron chi connectivity index (χ2n) is 2.41. The molecule has 1 aromatic carbocycles. The van der Waals surface area contributed by atoms with Crippen LogP contribution in [0.1, 0.15) is 5.56 Å².